The second-order valence-corrected chi connectivity index (χ2v) is 6.57. The van der Waals surface area contributed by atoms with Crippen LogP contribution in [0.4, 0.5) is 0 Å². The van der Waals surface area contributed by atoms with Gasteiger partial charge in [0.25, 0.3) is 0 Å². The molecule has 0 rings (SSSR count). The molecule has 0 heterocycles. The Hall–Kier alpha value is -0.660. The van der Waals surface area contributed by atoms with E-state index in [1.807, 2.05) is 13.8 Å². The van der Waals surface area contributed by atoms with Crippen LogP contribution in [-0.2, 0) is 14.8 Å². The van der Waals surface area contributed by atoms with E-state index in [-0.39, 0.29) is 24.3 Å². The molecule has 0 aliphatic heterocycles. The van der Waals surface area contributed by atoms with Gasteiger partial charge >= 0.3 is 0 Å². The summed E-state index contributed by atoms with van der Waals surface area (Å²) in [5, 5.41) is 11.7. The van der Waals surface area contributed by atoms with Crippen LogP contribution >= 0.6 is 0 Å². The van der Waals surface area contributed by atoms with Gasteiger partial charge in [-0.1, -0.05) is 20.8 Å². The number of rotatable bonds is 8. The molecular formula is C11H24N2O4S. The standard InChI is InChI=1S/C11H24N2O4S/c1-5-6-18(16,17)13-9(4)11(15)12-10(7-14)8(2)3/h8-10,13-14H,5-7H2,1-4H3,(H,12,15). The van der Waals surface area contributed by atoms with Gasteiger partial charge in [0.15, 0.2) is 0 Å². The fraction of sp³-hybridized carbons (Fsp3) is 0.909. The van der Waals surface area contributed by atoms with E-state index in [0.717, 1.165) is 0 Å². The van der Waals surface area contributed by atoms with Crippen LogP contribution < -0.4 is 10.0 Å². The van der Waals surface area contributed by atoms with E-state index < -0.39 is 22.0 Å². The second-order valence-electron chi connectivity index (χ2n) is 4.70. The molecule has 6 nitrogen and oxygen atoms in total. The van der Waals surface area contributed by atoms with Gasteiger partial charge in [-0.15, -0.1) is 0 Å². The zero-order valence-corrected chi connectivity index (χ0v) is 12.3. The predicted octanol–water partition coefficient (Wildman–Crippen LogP) is -0.163. The highest BCUT2D eigenvalue weighted by atomic mass is 32.2. The van der Waals surface area contributed by atoms with E-state index in [2.05, 4.69) is 10.0 Å². The van der Waals surface area contributed by atoms with Crippen molar-refractivity contribution in [1.29, 1.82) is 0 Å². The van der Waals surface area contributed by atoms with Crippen LogP contribution in [-0.4, -0.2) is 43.9 Å². The largest absolute Gasteiger partial charge is 0.394 e. The number of carbonyl (C=O) groups excluding carboxylic acids is 1. The summed E-state index contributed by atoms with van der Waals surface area (Å²) in [6.07, 6.45) is 0.495. The van der Waals surface area contributed by atoms with Gasteiger partial charge in [-0.3, -0.25) is 4.79 Å². The highest BCUT2D eigenvalue weighted by molar-refractivity contribution is 7.89. The molecule has 0 aromatic rings. The van der Waals surface area contributed by atoms with Crippen LogP contribution in [0.15, 0.2) is 0 Å². The maximum atomic E-state index is 11.7. The minimum Gasteiger partial charge on any atom is -0.394 e. The number of aliphatic hydroxyl groups is 1. The topological polar surface area (TPSA) is 95.5 Å². The van der Waals surface area contributed by atoms with Gasteiger partial charge in [0.2, 0.25) is 15.9 Å². The summed E-state index contributed by atoms with van der Waals surface area (Å²) in [5.41, 5.74) is 0. The maximum Gasteiger partial charge on any atom is 0.238 e. The van der Waals surface area contributed by atoms with Crippen LogP contribution in [0.25, 0.3) is 0 Å². The number of hydrogen-bond acceptors (Lipinski definition) is 4. The fourth-order valence-corrected chi connectivity index (χ4v) is 2.68. The monoisotopic (exact) mass is 280 g/mol. The van der Waals surface area contributed by atoms with Crippen LogP contribution in [0, 0.1) is 5.92 Å². The van der Waals surface area contributed by atoms with E-state index in [9.17, 15) is 13.2 Å². The van der Waals surface area contributed by atoms with Crippen LogP contribution in [0.1, 0.15) is 34.1 Å². The molecule has 2 atom stereocenters. The van der Waals surface area contributed by atoms with Crippen molar-refractivity contribution in [2.45, 2.75) is 46.2 Å². The molecule has 1 amide bonds. The lowest BCUT2D eigenvalue weighted by Crippen LogP contribution is -2.50. The number of carbonyl (C=O) groups is 1. The molecule has 108 valence electrons. The minimum absolute atomic E-state index is 0.00176. The number of aliphatic hydroxyl groups excluding tert-OH is 1. The molecule has 0 saturated carbocycles. The third-order valence-electron chi connectivity index (χ3n) is 2.55. The lowest BCUT2D eigenvalue weighted by molar-refractivity contribution is -0.123. The van der Waals surface area contributed by atoms with Crippen molar-refractivity contribution in [3.05, 3.63) is 0 Å². The van der Waals surface area contributed by atoms with Gasteiger partial charge in [0.1, 0.15) is 0 Å². The van der Waals surface area contributed by atoms with Gasteiger partial charge in [0, 0.05) is 0 Å². The number of sulfonamides is 1. The Morgan fingerprint density at radius 3 is 2.22 bits per heavy atom. The molecule has 0 aromatic carbocycles. The Bertz CT molecular complexity index is 354. The zero-order valence-electron chi connectivity index (χ0n) is 11.4. The third kappa shape index (κ3) is 6.32. The van der Waals surface area contributed by atoms with Crippen molar-refractivity contribution in [3.8, 4) is 0 Å². The zero-order chi connectivity index (χ0) is 14.3. The Morgan fingerprint density at radius 1 is 1.28 bits per heavy atom. The number of nitrogens with one attached hydrogen (secondary N) is 2. The molecule has 3 N–H and O–H groups in total. The van der Waals surface area contributed by atoms with Crippen molar-refractivity contribution in [2.24, 2.45) is 5.92 Å². The molecule has 18 heavy (non-hydrogen) atoms. The normalized spacial score (nSPS) is 15.4. The van der Waals surface area contributed by atoms with Gasteiger partial charge in [-0.2, -0.15) is 0 Å². The van der Waals surface area contributed by atoms with E-state index in [4.69, 9.17) is 5.11 Å². The third-order valence-corrected chi connectivity index (χ3v) is 4.21. The molecule has 0 aliphatic rings. The van der Waals surface area contributed by atoms with E-state index in [1.165, 1.54) is 6.92 Å². The van der Waals surface area contributed by atoms with Crippen molar-refractivity contribution in [3.63, 3.8) is 0 Å². The average Bonchev–Trinajstić information content (AvgIpc) is 2.23. The summed E-state index contributed by atoms with van der Waals surface area (Å²) < 4.78 is 25.3. The molecular weight excluding hydrogens is 256 g/mol. The first-order chi connectivity index (χ1) is 8.23. The molecule has 0 fully saturated rings. The Kier molecular flexibility index (Phi) is 7.42. The molecule has 0 saturated heterocycles. The average molecular weight is 280 g/mol. The first-order valence-electron chi connectivity index (χ1n) is 6.14. The minimum atomic E-state index is -3.41. The molecule has 0 aromatic heterocycles. The van der Waals surface area contributed by atoms with Crippen molar-refractivity contribution in [2.75, 3.05) is 12.4 Å². The lowest BCUT2D eigenvalue weighted by atomic mass is 10.1. The summed E-state index contributed by atoms with van der Waals surface area (Å²) >= 11 is 0. The fourth-order valence-electron chi connectivity index (χ4n) is 1.38. The van der Waals surface area contributed by atoms with E-state index >= 15 is 0 Å². The highest BCUT2D eigenvalue weighted by Crippen LogP contribution is 2.01. The maximum absolute atomic E-state index is 11.7. The summed E-state index contributed by atoms with van der Waals surface area (Å²) in [4.78, 5) is 11.7. The van der Waals surface area contributed by atoms with Crippen LogP contribution in [0.5, 0.6) is 0 Å². The van der Waals surface area contributed by atoms with Gasteiger partial charge in [-0.05, 0) is 19.3 Å². The van der Waals surface area contributed by atoms with Crippen molar-refractivity contribution in [1.82, 2.24) is 10.0 Å². The smallest absolute Gasteiger partial charge is 0.238 e. The molecule has 2 unspecified atom stereocenters. The van der Waals surface area contributed by atoms with Crippen LogP contribution in [0.2, 0.25) is 0 Å². The number of amides is 1. The first-order valence-corrected chi connectivity index (χ1v) is 7.80. The molecule has 0 radical (unpaired) electrons. The van der Waals surface area contributed by atoms with E-state index in [1.54, 1.807) is 6.92 Å². The SMILES string of the molecule is CCCS(=O)(=O)NC(C)C(=O)NC(CO)C(C)C. The van der Waals surface area contributed by atoms with Crippen LogP contribution in [0.3, 0.4) is 0 Å². The van der Waals surface area contributed by atoms with Gasteiger partial charge in [-0.25, -0.2) is 13.1 Å². The molecule has 0 aliphatic carbocycles. The number of hydrogen-bond donors (Lipinski definition) is 3. The van der Waals surface area contributed by atoms with Gasteiger partial charge < -0.3 is 10.4 Å². The lowest BCUT2D eigenvalue weighted by Gasteiger charge is -2.22. The quantitative estimate of drug-likeness (QED) is 0.575. The van der Waals surface area contributed by atoms with Crippen molar-refractivity contribution >= 4 is 15.9 Å². The highest BCUT2D eigenvalue weighted by Gasteiger charge is 2.22. The molecule has 0 bridgehead atoms. The second kappa shape index (κ2) is 7.70. The molecule has 0 spiro atoms. The van der Waals surface area contributed by atoms with Crippen molar-refractivity contribution < 1.29 is 18.3 Å². The summed E-state index contributed by atoms with van der Waals surface area (Å²) in [6, 6.07) is -1.20. The van der Waals surface area contributed by atoms with E-state index in [0.29, 0.717) is 6.42 Å². The summed E-state index contributed by atoms with van der Waals surface area (Å²) in [6.45, 7) is 6.81. The Labute approximate surface area is 109 Å². The summed E-state index contributed by atoms with van der Waals surface area (Å²) in [5.74, 6) is -0.348. The first kappa shape index (κ1) is 17.3. The van der Waals surface area contributed by atoms with Gasteiger partial charge in [0.05, 0.1) is 24.4 Å². The summed E-state index contributed by atoms with van der Waals surface area (Å²) in [7, 11) is -3.41. The predicted molar refractivity (Wildman–Crippen MR) is 70.5 cm³/mol. The Balaban J connectivity index is 4.43. The molecule has 7 heteroatoms. The Morgan fingerprint density at radius 2 is 1.83 bits per heavy atom.